The van der Waals surface area contributed by atoms with Gasteiger partial charge in [0, 0.05) is 4.88 Å². The lowest BCUT2D eigenvalue weighted by atomic mass is 10.1. The van der Waals surface area contributed by atoms with Crippen LogP contribution in [0.2, 0.25) is 0 Å². The third-order valence-electron chi connectivity index (χ3n) is 2.99. The monoisotopic (exact) mass is 328 g/mol. The van der Waals surface area contributed by atoms with E-state index in [2.05, 4.69) is 0 Å². The van der Waals surface area contributed by atoms with Gasteiger partial charge in [-0.1, -0.05) is 18.2 Å². The molecule has 0 aliphatic carbocycles. The Bertz CT molecular complexity index is 742. The van der Waals surface area contributed by atoms with E-state index < -0.39 is 0 Å². The number of phenols is 1. The fourth-order valence-corrected chi connectivity index (χ4v) is 2.47. The molecule has 0 atom stereocenters. The number of hydrogen-bond acceptors (Lipinski definition) is 5. The zero-order chi connectivity index (χ0) is 16.7. The molecule has 0 bridgehead atoms. The first kappa shape index (κ1) is 16.7. The Morgan fingerprint density at radius 3 is 2.52 bits per heavy atom. The molecule has 0 unspecified atom stereocenters. The molecule has 5 heteroatoms. The van der Waals surface area contributed by atoms with Crippen molar-refractivity contribution in [2.75, 3.05) is 7.11 Å². The predicted molar refractivity (Wildman–Crippen MR) is 91.7 cm³/mol. The molecule has 1 N–H and O–H groups in total. The largest absolute Gasteiger partial charge is 0.504 e. The van der Waals surface area contributed by atoms with Crippen molar-refractivity contribution in [1.82, 2.24) is 0 Å². The molecule has 0 saturated heterocycles. The second-order valence-corrected chi connectivity index (χ2v) is 5.70. The smallest absolute Gasteiger partial charge is 0.163 e. The van der Waals surface area contributed by atoms with Crippen LogP contribution in [0.15, 0.2) is 47.9 Å². The Morgan fingerprint density at radius 1 is 1.17 bits per heavy atom. The number of carbonyl (C=O) groups excluding carboxylic acids is 2. The van der Waals surface area contributed by atoms with Crippen LogP contribution in [0.3, 0.4) is 0 Å². The fourth-order valence-electron chi connectivity index (χ4n) is 1.85. The van der Waals surface area contributed by atoms with Crippen molar-refractivity contribution in [2.45, 2.75) is 6.42 Å². The molecule has 0 amide bonds. The summed E-state index contributed by atoms with van der Waals surface area (Å²) < 4.78 is 4.94. The van der Waals surface area contributed by atoms with Crippen molar-refractivity contribution >= 4 is 35.1 Å². The standard InChI is InChI=1S/C18H16O4S/c1-22-18-9-5-13(11-17(18)21)4-6-14(19)12-15(20)7-8-16-3-2-10-23-16/h2-11,21H,12H2,1H3/b6-4+,8-7+. The highest BCUT2D eigenvalue weighted by Crippen LogP contribution is 2.26. The van der Waals surface area contributed by atoms with Gasteiger partial charge in [-0.25, -0.2) is 0 Å². The lowest BCUT2D eigenvalue weighted by Gasteiger charge is -2.03. The molecule has 1 heterocycles. The molecule has 0 radical (unpaired) electrons. The zero-order valence-electron chi connectivity index (χ0n) is 12.6. The molecular formula is C18H16O4S. The number of rotatable bonds is 7. The van der Waals surface area contributed by atoms with E-state index in [0.717, 1.165) is 4.88 Å². The van der Waals surface area contributed by atoms with Gasteiger partial charge in [-0.3, -0.25) is 9.59 Å². The van der Waals surface area contributed by atoms with Crippen LogP contribution in [0.25, 0.3) is 12.2 Å². The number of ether oxygens (including phenoxy) is 1. The van der Waals surface area contributed by atoms with Gasteiger partial charge >= 0.3 is 0 Å². The van der Waals surface area contributed by atoms with E-state index in [0.29, 0.717) is 11.3 Å². The van der Waals surface area contributed by atoms with Crippen molar-refractivity contribution in [2.24, 2.45) is 0 Å². The van der Waals surface area contributed by atoms with Crippen molar-refractivity contribution in [3.8, 4) is 11.5 Å². The maximum atomic E-state index is 11.8. The summed E-state index contributed by atoms with van der Waals surface area (Å²) >= 11 is 1.52. The number of aromatic hydroxyl groups is 1. The maximum Gasteiger partial charge on any atom is 0.163 e. The molecule has 0 spiro atoms. The highest BCUT2D eigenvalue weighted by molar-refractivity contribution is 7.10. The van der Waals surface area contributed by atoms with Gasteiger partial charge in [-0.05, 0) is 47.4 Å². The number of ketones is 2. The van der Waals surface area contributed by atoms with Crippen LogP contribution in [-0.4, -0.2) is 23.8 Å². The molecular weight excluding hydrogens is 312 g/mol. The number of carbonyl (C=O) groups is 2. The third-order valence-corrected chi connectivity index (χ3v) is 3.83. The average molecular weight is 328 g/mol. The summed E-state index contributed by atoms with van der Waals surface area (Å²) in [5.41, 5.74) is 0.651. The molecule has 0 fully saturated rings. The van der Waals surface area contributed by atoms with Gasteiger partial charge in [-0.2, -0.15) is 0 Å². The minimum atomic E-state index is -0.291. The van der Waals surface area contributed by atoms with Gasteiger partial charge < -0.3 is 9.84 Å². The van der Waals surface area contributed by atoms with Crippen molar-refractivity contribution < 1.29 is 19.4 Å². The molecule has 2 rings (SSSR count). The van der Waals surface area contributed by atoms with Gasteiger partial charge in [0.1, 0.15) is 0 Å². The summed E-state index contributed by atoms with van der Waals surface area (Å²) in [6.45, 7) is 0. The Balaban J connectivity index is 1.91. The molecule has 118 valence electrons. The minimum Gasteiger partial charge on any atom is -0.504 e. The molecule has 23 heavy (non-hydrogen) atoms. The van der Waals surface area contributed by atoms with Crippen LogP contribution in [-0.2, 0) is 9.59 Å². The second-order valence-electron chi connectivity index (χ2n) is 4.72. The van der Waals surface area contributed by atoms with E-state index in [9.17, 15) is 14.7 Å². The zero-order valence-corrected chi connectivity index (χ0v) is 13.4. The third kappa shape index (κ3) is 5.23. The fraction of sp³-hybridized carbons (Fsp3) is 0.111. The van der Waals surface area contributed by atoms with E-state index >= 15 is 0 Å². The van der Waals surface area contributed by atoms with Crippen LogP contribution < -0.4 is 4.74 Å². The molecule has 1 aromatic heterocycles. The van der Waals surface area contributed by atoms with E-state index in [1.54, 1.807) is 24.3 Å². The number of methoxy groups -OCH3 is 1. The van der Waals surface area contributed by atoms with E-state index in [-0.39, 0.29) is 23.7 Å². The van der Waals surface area contributed by atoms with Crippen molar-refractivity contribution in [3.05, 3.63) is 58.3 Å². The highest BCUT2D eigenvalue weighted by atomic mass is 32.1. The first-order chi connectivity index (χ1) is 11.1. The number of benzene rings is 1. The molecule has 2 aromatic rings. The highest BCUT2D eigenvalue weighted by Gasteiger charge is 2.04. The number of thiophene rings is 1. The SMILES string of the molecule is COc1ccc(/C=C/C(=O)CC(=O)/C=C/c2cccs2)cc1O. The van der Waals surface area contributed by atoms with Crippen LogP contribution in [0.5, 0.6) is 11.5 Å². The average Bonchev–Trinajstić information content (AvgIpc) is 3.04. The lowest BCUT2D eigenvalue weighted by molar-refractivity contribution is -0.121. The van der Waals surface area contributed by atoms with Gasteiger partial charge in [0.25, 0.3) is 0 Å². The number of phenolic OH excluding ortho intramolecular Hbond substituents is 1. The summed E-state index contributed by atoms with van der Waals surface area (Å²) in [6, 6.07) is 8.59. The van der Waals surface area contributed by atoms with Crippen molar-refractivity contribution in [1.29, 1.82) is 0 Å². The lowest BCUT2D eigenvalue weighted by Crippen LogP contribution is -2.01. The quantitative estimate of drug-likeness (QED) is 0.621. The predicted octanol–water partition coefficient (Wildman–Crippen LogP) is 3.72. The van der Waals surface area contributed by atoms with E-state index in [1.807, 2.05) is 17.5 Å². The first-order valence-corrected chi connectivity index (χ1v) is 7.79. The molecule has 0 saturated carbocycles. The summed E-state index contributed by atoms with van der Waals surface area (Å²) in [5.74, 6) is -0.175. The van der Waals surface area contributed by atoms with Gasteiger partial charge in [0.05, 0.1) is 13.5 Å². The van der Waals surface area contributed by atoms with Gasteiger partial charge in [0.15, 0.2) is 23.1 Å². The molecule has 4 nitrogen and oxygen atoms in total. The van der Waals surface area contributed by atoms with Crippen LogP contribution in [0, 0.1) is 0 Å². The Labute approximate surface area is 138 Å². The van der Waals surface area contributed by atoms with Crippen LogP contribution in [0.1, 0.15) is 16.9 Å². The van der Waals surface area contributed by atoms with E-state index in [1.165, 1.54) is 36.7 Å². The minimum absolute atomic E-state index is 0.00273. The number of allylic oxidation sites excluding steroid dienone is 2. The van der Waals surface area contributed by atoms with Crippen molar-refractivity contribution in [3.63, 3.8) is 0 Å². The van der Waals surface area contributed by atoms with Crippen LogP contribution >= 0.6 is 11.3 Å². The molecule has 0 aliphatic heterocycles. The summed E-state index contributed by atoms with van der Waals surface area (Å²) in [4.78, 5) is 24.4. The van der Waals surface area contributed by atoms with E-state index in [4.69, 9.17) is 4.74 Å². The molecule has 0 aliphatic rings. The van der Waals surface area contributed by atoms with Gasteiger partial charge in [0.2, 0.25) is 0 Å². The Kier molecular flexibility index (Phi) is 5.88. The van der Waals surface area contributed by atoms with Gasteiger partial charge in [-0.15, -0.1) is 11.3 Å². The summed E-state index contributed by atoms with van der Waals surface area (Å²) in [6.07, 6.45) is 5.82. The Hall–Kier alpha value is -2.66. The topological polar surface area (TPSA) is 63.6 Å². The Morgan fingerprint density at radius 2 is 1.91 bits per heavy atom. The normalized spacial score (nSPS) is 11.2. The maximum absolute atomic E-state index is 11.8. The van der Waals surface area contributed by atoms with Crippen LogP contribution in [0.4, 0.5) is 0 Å². The molecule has 1 aromatic carbocycles. The second kappa shape index (κ2) is 8.10. The number of hydrogen-bond donors (Lipinski definition) is 1. The summed E-state index contributed by atoms with van der Waals surface area (Å²) in [5, 5.41) is 11.6. The summed E-state index contributed by atoms with van der Waals surface area (Å²) in [7, 11) is 1.46. The first-order valence-electron chi connectivity index (χ1n) is 6.91.